The normalized spacial score (nSPS) is 25.3. The number of halogens is 2. The van der Waals surface area contributed by atoms with Gasteiger partial charge in [-0.3, -0.25) is 4.90 Å². The molecule has 1 aliphatic carbocycles. The lowest BCUT2D eigenvalue weighted by molar-refractivity contribution is 0.0269. The van der Waals surface area contributed by atoms with Gasteiger partial charge in [0.05, 0.1) is 12.1 Å². The Morgan fingerprint density at radius 2 is 1.88 bits per heavy atom. The molecule has 3 N–H and O–H groups in total. The summed E-state index contributed by atoms with van der Waals surface area (Å²) < 4.78 is 14.0. The minimum absolute atomic E-state index is 0.263. The molecule has 3 nitrogen and oxygen atoms in total. The van der Waals surface area contributed by atoms with E-state index in [9.17, 15) is 9.50 Å². The van der Waals surface area contributed by atoms with E-state index in [2.05, 4.69) is 11.0 Å². The van der Waals surface area contributed by atoms with Gasteiger partial charge >= 0.3 is 0 Å². The van der Waals surface area contributed by atoms with Gasteiger partial charge in [-0.1, -0.05) is 41.9 Å². The number of piperidine rings is 1. The predicted octanol–water partition coefficient (Wildman–Crippen LogP) is 3.39. The van der Waals surface area contributed by atoms with E-state index in [0.717, 1.165) is 31.5 Å². The van der Waals surface area contributed by atoms with Gasteiger partial charge in [-0.25, -0.2) is 4.39 Å². The van der Waals surface area contributed by atoms with Gasteiger partial charge in [-0.15, -0.1) is 0 Å². The Bertz CT molecular complexity index is 769. The number of rotatable bonds is 2. The Morgan fingerprint density at radius 1 is 1.16 bits per heavy atom. The number of aliphatic hydroxyl groups is 1. The maximum absolute atomic E-state index is 14.0. The predicted molar refractivity (Wildman–Crippen MR) is 97.0 cm³/mol. The lowest BCUT2D eigenvalue weighted by Gasteiger charge is -2.42. The molecule has 1 aliphatic heterocycles. The van der Waals surface area contributed by atoms with Crippen molar-refractivity contribution in [1.82, 2.24) is 4.90 Å². The minimum Gasteiger partial charge on any atom is -0.390 e. The van der Waals surface area contributed by atoms with Gasteiger partial charge < -0.3 is 10.8 Å². The molecular formula is C20H22ClFN2O. The molecule has 0 bridgehead atoms. The van der Waals surface area contributed by atoms with Gasteiger partial charge in [-0.05, 0) is 49.2 Å². The molecule has 2 aromatic rings. The highest BCUT2D eigenvalue weighted by molar-refractivity contribution is 6.31. The molecule has 0 radical (unpaired) electrons. The fourth-order valence-electron chi connectivity index (χ4n) is 4.50. The number of benzene rings is 2. The number of hydrogen-bond acceptors (Lipinski definition) is 3. The SMILES string of the molecule is N[C@@H]1c2ccccc2C2(CCN(Cc3c(F)cccc3Cl)CC2)[C@H]1O. The van der Waals surface area contributed by atoms with Crippen LogP contribution in [0.1, 0.15) is 35.6 Å². The summed E-state index contributed by atoms with van der Waals surface area (Å²) in [7, 11) is 0. The first-order chi connectivity index (χ1) is 12.0. The molecule has 0 aromatic heterocycles. The van der Waals surface area contributed by atoms with Gasteiger partial charge in [0.2, 0.25) is 0 Å². The van der Waals surface area contributed by atoms with Crippen molar-refractivity contribution in [3.05, 3.63) is 70.0 Å². The summed E-state index contributed by atoms with van der Waals surface area (Å²) in [5.41, 5.74) is 8.76. The van der Waals surface area contributed by atoms with Gasteiger partial charge in [0, 0.05) is 22.5 Å². The molecule has 1 spiro atoms. The minimum atomic E-state index is -0.566. The monoisotopic (exact) mass is 360 g/mol. The molecule has 1 heterocycles. The van der Waals surface area contributed by atoms with Crippen molar-refractivity contribution in [2.45, 2.75) is 36.9 Å². The second-order valence-electron chi connectivity index (χ2n) is 7.19. The average molecular weight is 361 g/mol. The Labute approximate surface area is 152 Å². The Balaban J connectivity index is 1.54. The van der Waals surface area contributed by atoms with Crippen LogP contribution in [0.25, 0.3) is 0 Å². The number of nitrogens with zero attached hydrogens (tertiary/aromatic N) is 1. The zero-order valence-electron chi connectivity index (χ0n) is 14.0. The summed E-state index contributed by atoms with van der Waals surface area (Å²) >= 11 is 6.16. The first-order valence-electron chi connectivity index (χ1n) is 8.71. The van der Waals surface area contributed by atoms with E-state index in [4.69, 9.17) is 17.3 Å². The van der Waals surface area contributed by atoms with E-state index < -0.39 is 6.10 Å². The van der Waals surface area contributed by atoms with Crippen LogP contribution in [-0.4, -0.2) is 29.2 Å². The van der Waals surface area contributed by atoms with Crippen LogP contribution in [0.3, 0.4) is 0 Å². The topological polar surface area (TPSA) is 49.5 Å². The van der Waals surface area contributed by atoms with Gasteiger partial charge in [-0.2, -0.15) is 0 Å². The molecule has 2 aliphatic rings. The van der Waals surface area contributed by atoms with Crippen molar-refractivity contribution in [3.63, 3.8) is 0 Å². The average Bonchev–Trinajstić information content (AvgIpc) is 2.83. The Kier molecular flexibility index (Phi) is 4.32. The number of nitrogens with two attached hydrogens (primary N) is 1. The van der Waals surface area contributed by atoms with E-state index in [1.807, 2.05) is 18.2 Å². The third-order valence-corrected chi connectivity index (χ3v) is 6.31. The Morgan fingerprint density at radius 3 is 2.60 bits per heavy atom. The summed E-state index contributed by atoms with van der Waals surface area (Å²) in [6.07, 6.45) is 1.06. The molecule has 4 rings (SSSR count). The number of likely N-dealkylation sites (tertiary alicyclic amines) is 1. The van der Waals surface area contributed by atoms with Crippen LogP contribution in [0.5, 0.6) is 0 Å². The van der Waals surface area contributed by atoms with Crippen LogP contribution in [0.4, 0.5) is 4.39 Å². The standard InChI is InChI=1S/C20H22ClFN2O/c21-16-6-3-7-17(22)14(16)12-24-10-8-20(9-11-24)15-5-2-1-4-13(15)18(23)19(20)25/h1-7,18-19,25H,8-12,23H2/t18-,19+/m1/s1. The van der Waals surface area contributed by atoms with Crippen molar-refractivity contribution < 1.29 is 9.50 Å². The van der Waals surface area contributed by atoms with Gasteiger partial charge in [0.25, 0.3) is 0 Å². The lowest BCUT2D eigenvalue weighted by atomic mass is 9.72. The second-order valence-corrected chi connectivity index (χ2v) is 7.60. The van der Waals surface area contributed by atoms with Crippen LogP contribution in [0.2, 0.25) is 5.02 Å². The highest BCUT2D eigenvalue weighted by Crippen LogP contribution is 2.50. The molecule has 25 heavy (non-hydrogen) atoms. The van der Waals surface area contributed by atoms with Crippen LogP contribution in [0.15, 0.2) is 42.5 Å². The molecule has 2 atom stereocenters. The van der Waals surface area contributed by atoms with E-state index in [1.54, 1.807) is 12.1 Å². The quantitative estimate of drug-likeness (QED) is 0.863. The summed E-state index contributed by atoms with van der Waals surface area (Å²) in [5.74, 6) is -0.263. The summed E-state index contributed by atoms with van der Waals surface area (Å²) in [6, 6.07) is 12.6. The van der Waals surface area contributed by atoms with E-state index >= 15 is 0 Å². The van der Waals surface area contributed by atoms with Gasteiger partial charge in [0.1, 0.15) is 5.82 Å². The molecule has 1 fully saturated rings. The van der Waals surface area contributed by atoms with Crippen LogP contribution in [-0.2, 0) is 12.0 Å². The number of hydrogen-bond donors (Lipinski definition) is 2. The highest BCUT2D eigenvalue weighted by Gasteiger charge is 2.51. The molecule has 0 unspecified atom stereocenters. The molecule has 0 amide bonds. The van der Waals surface area contributed by atoms with Crippen molar-refractivity contribution in [2.24, 2.45) is 5.73 Å². The third kappa shape index (κ3) is 2.68. The smallest absolute Gasteiger partial charge is 0.129 e. The zero-order chi connectivity index (χ0) is 17.6. The van der Waals surface area contributed by atoms with Crippen molar-refractivity contribution in [1.29, 1.82) is 0 Å². The molecule has 1 saturated heterocycles. The summed E-state index contributed by atoms with van der Waals surface area (Å²) in [5, 5.41) is 11.3. The maximum Gasteiger partial charge on any atom is 0.129 e. The van der Waals surface area contributed by atoms with Crippen LogP contribution in [0, 0.1) is 5.82 Å². The van der Waals surface area contributed by atoms with Crippen LogP contribution < -0.4 is 5.73 Å². The molecule has 0 saturated carbocycles. The summed E-state index contributed by atoms with van der Waals surface area (Å²) in [6.45, 7) is 2.05. The van der Waals surface area contributed by atoms with Gasteiger partial charge in [0.15, 0.2) is 0 Å². The molecular weight excluding hydrogens is 339 g/mol. The van der Waals surface area contributed by atoms with Crippen molar-refractivity contribution >= 4 is 11.6 Å². The van der Waals surface area contributed by atoms with Crippen LogP contribution >= 0.6 is 11.6 Å². The first-order valence-corrected chi connectivity index (χ1v) is 9.09. The fraction of sp³-hybridized carbons (Fsp3) is 0.400. The Hall–Kier alpha value is -1.46. The third-order valence-electron chi connectivity index (χ3n) is 5.95. The van der Waals surface area contributed by atoms with E-state index in [0.29, 0.717) is 17.1 Å². The largest absolute Gasteiger partial charge is 0.390 e. The molecule has 5 heteroatoms. The lowest BCUT2D eigenvalue weighted by Crippen LogP contribution is -2.48. The van der Waals surface area contributed by atoms with E-state index in [-0.39, 0.29) is 17.3 Å². The van der Waals surface area contributed by atoms with Crippen molar-refractivity contribution in [2.75, 3.05) is 13.1 Å². The molecule has 132 valence electrons. The maximum atomic E-state index is 14.0. The second kappa shape index (κ2) is 6.36. The fourth-order valence-corrected chi connectivity index (χ4v) is 4.72. The summed E-state index contributed by atoms with van der Waals surface area (Å²) in [4.78, 5) is 2.20. The number of aliphatic hydroxyl groups excluding tert-OH is 1. The first kappa shape index (κ1) is 17.0. The highest BCUT2D eigenvalue weighted by atomic mass is 35.5. The number of fused-ring (bicyclic) bond motifs is 2. The molecule has 2 aromatic carbocycles. The zero-order valence-corrected chi connectivity index (χ0v) is 14.7. The van der Waals surface area contributed by atoms with Crippen molar-refractivity contribution in [3.8, 4) is 0 Å². The van der Waals surface area contributed by atoms with E-state index in [1.165, 1.54) is 11.6 Å².